The third-order valence-electron chi connectivity index (χ3n) is 3.36. The van der Waals surface area contributed by atoms with Gasteiger partial charge in [-0.15, -0.1) is 0 Å². The van der Waals surface area contributed by atoms with Crippen molar-refractivity contribution in [1.29, 1.82) is 0 Å². The molecule has 2 aromatic heterocycles. The van der Waals surface area contributed by atoms with Crippen LogP contribution in [-0.2, 0) is 0 Å². The van der Waals surface area contributed by atoms with Gasteiger partial charge in [0.15, 0.2) is 5.65 Å². The largest absolute Gasteiger partial charge is 0.347 e. The first kappa shape index (κ1) is 13.5. The van der Waals surface area contributed by atoms with Crippen LogP contribution in [0.3, 0.4) is 0 Å². The molecule has 2 rings (SSSR count). The number of nitrogens with zero attached hydrogens (tertiary/aromatic N) is 3. The Morgan fingerprint density at radius 2 is 2.11 bits per heavy atom. The zero-order valence-corrected chi connectivity index (χ0v) is 12.1. The maximum Gasteiger partial charge on any atom is 0.257 e. The first-order valence-corrected chi connectivity index (χ1v) is 6.48. The summed E-state index contributed by atoms with van der Waals surface area (Å²) < 4.78 is 1.70. The van der Waals surface area contributed by atoms with Crippen molar-refractivity contribution >= 4 is 11.6 Å². The van der Waals surface area contributed by atoms with Crippen LogP contribution in [0.25, 0.3) is 5.65 Å². The van der Waals surface area contributed by atoms with Gasteiger partial charge >= 0.3 is 0 Å². The zero-order chi connectivity index (χ0) is 14.2. The molecule has 0 saturated heterocycles. The Kier molecular flexibility index (Phi) is 3.30. The number of carbonyl (C=O) groups is 1. The number of aryl methyl sites for hydroxylation is 2. The standard InChI is InChI=1S/C14H20N4O/c1-6-14(4,5)17-13(19)11-8-15-18-10(3)7-9(2)16-12(11)18/h7-8H,6H2,1-5H3,(H,17,19). The van der Waals surface area contributed by atoms with Gasteiger partial charge in [0.2, 0.25) is 0 Å². The van der Waals surface area contributed by atoms with Gasteiger partial charge in [-0.05, 0) is 40.2 Å². The molecule has 0 spiro atoms. The molecule has 2 heterocycles. The molecule has 0 aromatic carbocycles. The lowest BCUT2D eigenvalue weighted by molar-refractivity contribution is 0.0913. The highest BCUT2D eigenvalue weighted by Crippen LogP contribution is 2.14. The molecule has 0 atom stereocenters. The molecular formula is C14H20N4O. The molecule has 1 N–H and O–H groups in total. The van der Waals surface area contributed by atoms with Crippen molar-refractivity contribution in [3.05, 3.63) is 29.2 Å². The van der Waals surface area contributed by atoms with Crippen molar-refractivity contribution in [2.75, 3.05) is 0 Å². The lowest BCUT2D eigenvalue weighted by Crippen LogP contribution is -2.42. The van der Waals surface area contributed by atoms with Crippen LogP contribution in [0.1, 0.15) is 48.9 Å². The highest BCUT2D eigenvalue weighted by atomic mass is 16.1. The summed E-state index contributed by atoms with van der Waals surface area (Å²) in [6.07, 6.45) is 2.44. The van der Waals surface area contributed by atoms with Gasteiger partial charge in [0.25, 0.3) is 5.91 Å². The summed E-state index contributed by atoms with van der Waals surface area (Å²) in [4.78, 5) is 16.7. The quantitative estimate of drug-likeness (QED) is 0.921. The normalized spacial score (nSPS) is 11.8. The molecule has 0 bridgehead atoms. The third-order valence-corrected chi connectivity index (χ3v) is 3.36. The maximum absolute atomic E-state index is 12.3. The van der Waals surface area contributed by atoms with Crippen LogP contribution in [-0.4, -0.2) is 26.0 Å². The van der Waals surface area contributed by atoms with E-state index in [-0.39, 0.29) is 11.4 Å². The molecule has 5 nitrogen and oxygen atoms in total. The Bertz CT molecular complexity index is 628. The number of amides is 1. The van der Waals surface area contributed by atoms with E-state index in [1.165, 1.54) is 0 Å². The molecule has 102 valence electrons. The molecule has 0 unspecified atom stereocenters. The van der Waals surface area contributed by atoms with Gasteiger partial charge in [-0.25, -0.2) is 9.50 Å². The summed E-state index contributed by atoms with van der Waals surface area (Å²) in [5.74, 6) is -0.126. The Labute approximate surface area is 113 Å². The summed E-state index contributed by atoms with van der Waals surface area (Å²) in [5.41, 5.74) is 2.75. The van der Waals surface area contributed by atoms with Crippen LogP contribution >= 0.6 is 0 Å². The van der Waals surface area contributed by atoms with Crippen molar-refractivity contribution in [1.82, 2.24) is 19.9 Å². The molecule has 0 fully saturated rings. The molecule has 19 heavy (non-hydrogen) atoms. The minimum Gasteiger partial charge on any atom is -0.347 e. The van der Waals surface area contributed by atoms with E-state index in [9.17, 15) is 4.79 Å². The average Bonchev–Trinajstić information content (AvgIpc) is 2.72. The smallest absolute Gasteiger partial charge is 0.257 e. The predicted octanol–water partition coefficient (Wildman–Crippen LogP) is 2.26. The van der Waals surface area contributed by atoms with Crippen molar-refractivity contribution in [3.8, 4) is 0 Å². The van der Waals surface area contributed by atoms with Crippen LogP contribution < -0.4 is 5.32 Å². The van der Waals surface area contributed by atoms with Crippen LogP contribution in [0.15, 0.2) is 12.3 Å². The summed E-state index contributed by atoms with van der Waals surface area (Å²) in [5, 5.41) is 7.24. The Morgan fingerprint density at radius 1 is 1.42 bits per heavy atom. The van der Waals surface area contributed by atoms with Crippen LogP contribution in [0.5, 0.6) is 0 Å². The van der Waals surface area contributed by atoms with E-state index in [0.29, 0.717) is 11.2 Å². The number of rotatable bonds is 3. The minimum absolute atomic E-state index is 0.126. The van der Waals surface area contributed by atoms with E-state index in [1.54, 1.807) is 10.7 Å². The van der Waals surface area contributed by atoms with E-state index < -0.39 is 0 Å². The maximum atomic E-state index is 12.3. The van der Waals surface area contributed by atoms with Gasteiger partial charge < -0.3 is 5.32 Å². The lowest BCUT2D eigenvalue weighted by Gasteiger charge is -2.24. The van der Waals surface area contributed by atoms with E-state index in [1.807, 2.05) is 40.7 Å². The first-order chi connectivity index (χ1) is 8.84. The average molecular weight is 260 g/mol. The monoisotopic (exact) mass is 260 g/mol. The van der Waals surface area contributed by atoms with Gasteiger partial charge in [0.1, 0.15) is 5.56 Å². The van der Waals surface area contributed by atoms with Gasteiger partial charge in [0, 0.05) is 16.9 Å². The van der Waals surface area contributed by atoms with Crippen molar-refractivity contribution < 1.29 is 4.79 Å². The molecular weight excluding hydrogens is 240 g/mol. The number of hydrogen-bond donors (Lipinski definition) is 1. The number of aromatic nitrogens is 3. The predicted molar refractivity (Wildman–Crippen MR) is 74.3 cm³/mol. The first-order valence-electron chi connectivity index (χ1n) is 6.48. The molecule has 1 amide bonds. The van der Waals surface area contributed by atoms with E-state index in [4.69, 9.17) is 0 Å². The highest BCUT2D eigenvalue weighted by Gasteiger charge is 2.22. The van der Waals surface area contributed by atoms with Crippen molar-refractivity contribution in [2.45, 2.75) is 46.6 Å². The Hall–Kier alpha value is -1.91. The number of carbonyl (C=O) groups excluding carboxylic acids is 1. The molecule has 2 aromatic rings. The second-order valence-corrected chi connectivity index (χ2v) is 5.52. The van der Waals surface area contributed by atoms with Crippen molar-refractivity contribution in [3.63, 3.8) is 0 Å². The SMILES string of the molecule is CCC(C)(C)NC(=O)c1cnn2c(C)cc(C)nc12. The fourth-order valence-electron chi connectivity index (χ4n) is 1.89. The summed E-state index contributed by atoms with van der Waals surface area (Å²) in [6.45, 7) is 9.91. The van der Waals surface area contributed by atoms with Crippen LogP contribution in [0.4, 0.5) is 0 Å². The number of nitrogens with one attached hydrogen (secondary N) is 1. The van der Waals surface area contributed by atoms with E-state index in [2.05, 4.69) is 15.4 Å². The summed E-state index contributed by atoms with van der Waals surface area (Å²) in [7, 11) is 0. The fourth-order valence-corrected chi connectivity index (χ4v) is 1.89. The molecule has 0 aliphatic heterocycles. The minimum atomic E-state index is -0.232. The molecule has 0 aliphatic rings. The second kappa shape index (κ2) is 4.64. The number of fused-ring (bicyclic) bond motifs is 1. The summed E-state index contributed by atoms with van der Waals surface area (Å²) in [6, 6.07) is 1.94. The van der Waals surface area contributed by atoms with Crippen molar-refractivity contribution in [2.24, 2.45) is 0 Å². The van der Waals surface area contributed by atoms with E-state index in [0.717, 1.165) is 17.8 Å². The van der Waals surface area contributed by atoms with Gasteiger partial charge in [-0.3, -0.25) is 4.79 Å². The fraction of sp³-hybridized carbons (Fsp3) is 0.500. The topological polar surface area (TPSA) is 59.3 Å². The van der Waals surface area contributed by atoms with E-state index >= 15 is 0 Å². The van der Waals surface area contributed by atoms with Gasteiger partial charge in [0.05, 0.1) is 6.20 Å². The molecule has 5 heteroatoms. The van der Waals surface area contributed by atoms with Crippen LogP contribution in [0, 0.1) is 13.8 Å². The molecule has 0 saturated carbocycles. The Balaban J connectivity index is 2.44. The lowest BCUT2D eigenvalue weighted by atomic mass is 10.0. The van der Waals surface area contributed by atoms with Crippen LogP contribution in [0.2, 0.25) is 0 Å². The second-order valence-electron chi connectivity index (χ2n) is 5.52. The molecule has 0 aliphatic carbocycles. The summed E-state index contributed by atoms with van der Waals surface area (Å²) >= 11 is 0. The highest BCUT2D eigenvalue weighted by molar-refractivity contribution is 6.00. The molecule has 0 radical (unpaired) electrons. The zero-order valence-electron chi connectivity index (χ0n) is 12.1. The van der Waals surface area contributed by atoms with Gasteiger partial charge in [-0.1, -0.05) is 6.92 Å². The Morgan fingerprint density at radius 3 is 2.74 bits per heavy atom. The van der Waals surface area contributed by atoms with Gasteiger partial charge in [-0.2, -0.15) is 5.10 Å². The number of hydrogen-bond acceptors (Lipinski definition) is 3. The third kappa shape index (κ3) is 2.59.